The van der Waals surface area contributed by atoms with Gasteiger partial charge in [-0.25, -0.2) is 4.98 Å². The number of nitrogens with two attached hydrogens (primary N) is 1. The van der Waals surface area contributed by atoms with E-state index in [1.165, 1.54) is 16.5 Å². The number of imidazole rings is 1. The molecule has 0 bridgehead atoms. The van der Waals surface area contributed by atoms with Crippen LogP contribution in [0.5, 0.6) is 0 Å². The van der Waals surface area contributed by atoms with Crippen LogP contribution in [-0.2, 0) is 12.0 Å². The fourth-order valence-electron chi connectivity index (χ4n) is 3.69. The predicted molar refractivity (Wildman–Crippen MR) is 99.1 cm³/mol. The second-order valence-corrected chi connectivity index (χ2v) is 6.65. The van der Waals surface area contributed by atoms with E-state index >= 15 is 0 Å². The van der Waals surface area contributed by atoms with E-state index < -0.39 is 5.54 Å². The van der Waals surface area contributed by atoms with Crippen molar-refractivity contribution in [2.24, 2.45) is 5.73 Å². The third-order valence-corrected chi connectivity index (χ3v) is 4.90. The summed E-state index contributed by atoms with van der Waals surface area (Å²) in [7, 11) is 0. The van der Waals surface area contributed by atoms with Crippen LogP contribution >= 0.6 is 0 Å². The first-order valence-corrected chi connectivity index (χ1v) is 8.36. The van der Waals surface area contributed by atoms with Gasteiger partial charge in [-0.2, -0.15) is 0 Å². The van der Waals surface area contributed by atoms with E-state index in [2.05, 4.69) is 35.9 Å². The summed E-state index contributed by atoms with van der Waals surface area (Å²) in [6, 6.07) is 12.4. The largest absolute Gasteiger partial charge is 0.361 e. The normalized spacial score (nSPS) is 14.3. The van der Waals surface area contributed by atoms with Crippen molar-refractivity contribution in [3.63, 3.8) is 0 Å². The SMILES string of the molecule is CCc1cc(C)c2[nH]ccc2c1C(C)(N)c1nc2ccccc2[nH]1. The van der Waals surface area contributed by atoms with Crippen molar-refractivity contribution in [3.05, 3.63) is 65.1 Å². The smallest absolute Gasteiger partial charge is 0.131 e. The summed E-state index contributed by atoms with van der Waals surface area (Å²) < 4.78 is 0. The van der Waals surface area contributed by atoms with Crippen LogP contribution in [0.1, 0.15) is 36.4 Å². The predicted octanol–water partition coefficient (Wildman–Crippen LogP) is 4.14. The highest BCUT2D eigenvalue weighted by Gasteiger charge is 2.32. The van der Waals surface area contributed by atoms with Crippen molar-refractivity contribution in [3.8, 4) is 0 Å². The standard InChI is InChI=1S/C20H22N4/c1-4-13-11-12(2)18-14(9-10-22-18)17(13)20(3,21)19-23-15-7-5-6-8-16(15)24-19/h5-11,22H,4,21H2,1-3H3,(H,23,24). The number of benzene rings is 2. The molecule has 0 amide bonds. The number of aromatic amines is 2. The Labute approximate surface area is 141 Å². The van der Waals surface area contributed by atoms with Crippen molar-refractivity contribution in [2.45, 2.75) is 32.7 Å². The number of aromatic nitrogens is 3. The molecule has 0 aliphatic rings. The summed E-state index contributed by atoms with van der Waals surface area (Å²) in [4.78, 5) is 11.5. The van der Waals surface area contributed by atoms with E-state index in [4.69, 9.17) is 10.7 Å². The van der Waals surface area contributed by atoms with E-state index in [1.54, 1.807) is 0 Å². The quantitative estimate of drug-likeness (QED) is 0.531. The number of H-pyrrole nitrogens is 2. The first-order chi connectivity index (χ1) is 11.5. The summed E-state index contributed by atoms with van der Waals surface area (Å²) in [6.07, 6.45) is 2.92. The van der Waals surface area contributed by atoms with Gasteiger partial charge in [-0.1, -0.05) is 25.1 Å². The molecule has 0 aliphatic carbocycles. The molecule has 24 heavy (non-hydrogen) atoms. The zero-order valence-electron chi connectivity index (χ0n) is 14.3. The van der Waals surface area contributed by atoms with E-state index in [0.717, 1.165) is 34.4 Å². The number of nitrogens with one attached hydrogen (secondary N) is 2. The highest BCUT2D eigenvalue weighted by Crippen LogP contribution is 2.36. The van der Waals surface area contributed by atoms with Crippen LogP contribution in [0.3, 0.4) is 0 Å². The molecule has 1 atom stereocenters. The second-order valence-electron chi connectivity index (χ2n) is 6.65. The summed E-state index contributed by atoms with van der Waals surface area (Å²) in [6.45, 7) is 6.35. The van der Waals surface area contributed by atoms with E-state index in [0.29, 0.717) is 0 Å². The molecular formula is C20H22N4. The minimum atomic E-state index is -0.696. The monoisotopic (exact) mass is 318 g/mol. The lowest BCUT2D eigenvalue weighted by atomic mass is 9.84. The molecule has 0 fully saturated rings. The van der Waals surface area contributed by atoms with Gasteiger partial charge in [-0.3, -0.25) is 0 Å². The fourth-order valence-corrected chi connectivity index (χ4v) is 3.69. The van der Waals surface area contributed by atoms with Crippen LogP contribution in [-0.4, -0.2) is 15.0 Å². The molecule has 4 N–H and O–H groups in total. The van der Waals surface area contributed by atoms with Gasteiger partial charge in [0.25, 0.3) is 0 Å². The molecular weight excluding hydrogens is 296 g/mol. The van der Waals surface area contributed by atoms with E-state index in [1.807, 2.05) is 37.4 Å². The maximum absolute atomic E-state index is 6.87. The molecule has 0 radical (unpaired) electrons. The van der Waals surface area contributed by atoms with Gasteiger partial charge in [-0.05, 0) is 55.2 Å². The summed E-state index contributed by atoms with van der Waals surface area (Å²) in [5, 5.41) is 1.18. The van der Waals surface area contributed by atoms with Crippen molar-refractivity contribution in [1.82, 2.24) is 15.0 Å². The van der Waals surface area contributed by atoms with E-state index in [9.17, 15) is 0 Å². The minimum absolute atomic E-state index is 0.696. The first kappa shape index (κ1) is 15.0. The Balaban J connectivity index is 2.01. The molecule has 4 nitrogen and oxygen atoms in total. The maximum Gasteiger partial charge on any atom is 0.131 e. The Morgan fingerprint density at radius 3 is 2.75 bits per heavy atom. The number of hydrogen-bond acceptors (Lipinski definition) is 2. The Morgan fingerprint density at radius 2 is 2.00 bits per heavy atom. The van der Waals surface area contributed by atoms with Gasteiger partial charge >= 0.3 is 0 Å². The Kier molecular flexibility index (Phi) is 3.25. The molecule has 2 aromatic carbocycles. The first-order valence-electron chi connectivity index (χ1n) is 8.36. The van der Waals surface area contributed by atoms with Gasteiger partial charge in [0, 0.05) is 17.1 Å². The van der Waals surface area contributed by atoms with Gasteiger partial charge in [0.05, 0.1) is 16.6 Å². The molecule has 1 unspecified atom stereocenters. The van der Waals surface area contributed by atoms with Crippen molar-refractivity contribution in [1.29, 1.82) is 0 Å². The average Bonchev–Trinajstić information content (AvgIpc) is 3.21. The molecule has 4 heteroatoms. The lowest BCUT2D eigenvalue weighted by Gasteiger charge is -2.27. The van der Waals surface area contributed by atoms with Crippen molar-refractivity contribution >= 4 is 21.9 Å². The third-order valence-electron chi connectivity index (χ3n) is 4.90. The van der Waals surface area contributed by atoms with Gasteiger partial charge in [0.2, 0.25) is 0 Å². The highest BCUT2D eigenvalue weighted by molar-refractivity contribution is 5.88. The molecule has 4 rings (SSSR count). The number of fused-ring (bicyclic) bond motifs is 2. The highest BCUT2D eigenvalue weighted by atomic mass is 15.0. The number of nitrogens with zero attached hydrogens (tertiary/aromatic N) is 1. The molecule has 2 heterocycles. The number of aryl methyl sites for hydroxylation is 2. The summed E-state index contributed by atoms with van der Waals surface area (Å²) in [5.74, 6) is 0.796. The topological polar surface area (TPSA) is 70.5 Å². The van der Waals surface area contributed by atoms with Crippen LogP contribution in [0, 0.1) is 6.92 Å². The van der Waals surface area contributed by atoms with Gasteiger partial charge in [0.1, 0.15) is 5.82 Å². The summed E-state index contributed by atoms with van der Waals surface area (Å²) >= 11 is 0. The Bertz CT molecular complexity index is 1000. The third kappa shape index (κ3) is 2.07. The number of hydrogen-bond donors (Lipinski definition) is 3. The Morgan fingerprint density at radius 1 is 1.21 bits per heavy atom. The molecule has 0 saturated heterocycles. The lowest BCUT2D eigenvalue weighted by Crippen LogP contribution is -2.37. The fraction of sp³-hybridized carbons (Fsp3) is 0.250. The van der Waals surface area contributed by atoms with Gasteiger partial charge in [-0.15, -0.1) is 0 Å². The van der Waals surface area contributed by atoms with E-state index in [-0.39, 0.29) is 0 Å². The van der Waals surface area contributed by atoms with Crippen LogP contribution in [0.25, 0.3) is 21.9 Å². The maximum atomic E-state index is 6.87. The average molecular weight is 318 g/mol. The van der Waals surface area contributed by atoms with Crippen molar-refractivity contribution in [2.75, 3.05) is 0 Å². The molecule has 2 aromatic heterocycles. The van der Waals surface area contributed by atoms with Gasteiger partial charge < -0.3 is 15.7 Å². The Hall–Kier alpha value is -2.59. The van der Waals surface area contributed by atoms with Crippen LogP contribution in [0.15, 0.2) is 42.6 Å². The van der Waals surface area contributed by atoms with Crippen LogP contribution in [0.4, 0.5) is 0 Å². The zero-order valence-corrected chi connectivity index (χ0v) is 14.3. The van der Waals surface area contributed by atoms with Crippen molar-refractivity contribution < 1.29 is 0 Å². The lowest BCUT2D eigenvalue weighted by molar-refractivity contribution is 0.566. The van der Waals surface area contributed by atoms with Crippen LogP contribution in [0.2, 0.25) is 0 Å². The zero-order chi connectivity index (χ0) is 16.9. The summed E-state index contributed by atoms with van der Waals surface area (Å²) in [5.41, 5.74) is 12.9. The minimum Gasteiger partial charge on any atom is -0.361 e. The molecule has 0 aliphatic heterocycles. The number of rotatable bonds is 3. The molecule has 122 valence electrons. The second kappa shape index (κ2) is 5.21. The number of para-hydroxylation sites is 2. The molecule has 0 saturated carbocycles. The van der Waals surface area contributed by atoms with Gasteiger partial charge in [0.15, 0.2) is 0 Å². The molecule has 0 spiro atoms. The molecule has 4 aromatic rings. The van der Waals surface area contributed by atoms with Crippen LogP contribution < -0.4 is 5.73 Å².